The van der Waals surface area contributed by atoms with Crippen molar-refractivity contribution in [2.75, 3.05) is 26.2 Å². The smallest absolute Gasteiger partial charge is 0.410 e. The Morgan fingerprint density at radius 2 is 1.83 bits per heavy atom. The number of nitrogens with zero attached hydrogens (tertiary/aromatic N) is 2. The molecule has 4 aliphatic rings. The number of hydrogen-bond acceptors (Lipinski definition) is 10. The van der Waals surface area contributed by atoms with Crippen molar-refractivity contribution in [1.29, 1.82) is 0 Å². The summed E-state index contributed by atoms with van der Waals surface area (Å²) in [6.45, 7) is 12.4. The van der Waals surface area contributed by atoms with Crippen LogP contribution in [0, 0.1) is 11.8 Å². The zero-order valence-electron chi connectivity index (χ0n) is 32.4. The van der Waals surface area contributed by atoms with E-state index in [-0.39, 0.29) is 48.1 Å². The van der Waals surface area contributed by atoms with E-state index >= 15 is 0 Å². The molecular formula is C40H67N2O10+. The van der Waals surface area contributed by atoms with Crippen LogP contribution >= 0.6 is 0 Å². The van der Waals surface area contributed by atoms with Gasteiger partial charge in [0.25, 0.3) is 0 Å². The third-order valence-corrected chi connectivity index (χ3v) is 11.9. The first-order valence-corrected chi connectivity index (χ1v) is 19.7. The molecule has 296 valence electrons. The third-order valence-electron chi connectivity index (χ3n) is 11.9. The van der Waals surface area contributed by atoms with Gasteiger partial charge in [0.1, 0.15) is 30.8 Å². The van der Waals surface area contributed by atoms with Gasteiger partial charge in [0.05, 0.1) is 49.5 Å². The molecule has 0 bridgehead atoms. The number of quaternary nitrogens is 1. The number of epoxide rings is 1. The minimum Gasteiger partial charge on any atom is -0.457 e. The standard InChI is InChI=1S/C40H67N2O10/c1-7-32(44)29(4)37-33(50-37)26-39(5,47)19-12-13-27(2)36-28(3)16-17-34(40(6,48)20-18-31(43)25-35(45)52-36)51-38(46)41-21-23-42(49,24-22-41)30-14-10-8-9-11-15-30/h12-13,16-17,19,28-34,36-37,43-44,47-49H,7-11,14-15,18,20-26H2,1-6H3/q+1/b17-16+,19-12+,27-13+/t28-,29+,31+,32-,33+,34-,36+,37+,39-,40+/m0/s1. The molecule has 0 unspecified atom stereocenters. The summed E-state index contributed by atoms with van der Waals surface area (Å²) in [6.07, 6.45) is 12.0. The monoisotopic (exact) mass is 735 g/mol. The molecule has 3 heterocycles. The average Bonchev–Trinajstić information content (AvgIpc) is 3.90. The lowest BCUT2D eigenvalue weighted by atomic mass is 9.88. The number of piperazine rings is 1. The molecule has 10 atom stereocenters. The molecule has 52 heavy (non-hydrogen) atoms. The number of carbonyl (C=O) groups is 2. The van der Waals surface area contributed by atoms with Gasteiger partial charge in [-0.25, -0.2) is 10.0 Å². The molecule has 0 spiro atoms. The molecule has 0 aromatic heterocycles. The first-order chi connectivity index (χ1) is 24.4. The maximum atomic E-state index is 13.5. The van der Waals surface area contributed by atoms with Crippen molar-refractivity contribution in [3.63, 3.8) is 0 Å². The Labute approximate surface area is 310 Å². The van der Waals surface area contributed by atoms with E-state index in [0.29, 0.717) is 44.6 Å². The Morgan fingerprint density at radius 1 is 1.17 bits per heavy atom. The first kappa shape index (κ1) is 42.4. The summed E-state index contributed by atoms with van der Waals surface area (Å²) in [7, 11) is 0. The van der Waals surface area contributed by atoms with Gasteiger partial charge in [-0.15, -0.1) is 0 Å². The summed E-state index contributed by atoms with van der Waals surface area (Å²) in [5, 5.41) is 54.9. The Balaban J connectivity index is 1.43. The minimum absolute atomic E-state index is 0.0152. The molecule has 1 saturated carbocycles. The van der Waals surface area contributed by atoms with Crippen LogP contribution in [-0.2, 0) is 19.0 Å². The summed E-state index contributed by atoms with van der Waals surface area (Å²) >= 11 is 0. The van der Waals surface area contributed by atoms with E-state index in [1.807, 2.05) is 27.7 Å². The Bertz CT molecular complexity index is 1260. The van der Waals surface area contributed by atoms with E-state index in [4.69, 9.17) is 14.2 Å². The van der Waals surface area contributed by atoms with Crippen LogP contribution in [0.3, 0.4) is 0 Å². The Morgan fingerprint density at radius 3 is 2.46 bits per heavy atom. The average molecular weight is 736 g/mol. The topological polar surface area (TPSA) is 170 Å². The molecule has 3 fully saturated rings. The van der Waals surface area contributed by atoms with Crippen LogP contribution in [-0.4, -0.2) is 127 Å². The van der Waals surface area contributed by atoms with Crippen LogP contribution in [0.1, 0.15) is 112 Å². The molecule has 2 saturated heterocycles. The highest BCUT2D eigenvalue weighted by Crippen LogP contribution is 2.38. The highest BCUT2D eigenvalue weighted by molar-refractivity contribution is 5.70. The summed E-state index contributed by atoms with van der Waals surface area (Å²) in [6, 6.07) is 0.187. The fourth-order valence-corrected chi connectivity index (χ4v) is 8.08. The second kappa shape index (κ2) is 18.3. The number of ether oxygens (including phenoxy) is 3. The van der Waals surface area contributed by atoms with Crippen molar-refractivity contribution in [3.8, 4) is 0 Å². The van der Waals surface area contributed by atoms with Gasteiger partial charge < -0.3 is 34.6 Å². The zero-order chi connectivity index (χ0) is 38.3. The molecule has 12 nitrogen and oxygen atoms in total. The van der Waals surface area contributed by atoms with Crippen LogP contribution < -0.4 is 0 Å². The number of esters is 1. The number of cyclic esters (lactones) is 1. The van der Waals surface area contributed by atoms with Crippen LogP contribution in [0.5, 0.6) is 0 Å². The highest BCUT2D eigenvalue weighted by Gasteiger charge is 2.47. The quantitative estimate of drug-likeness (QED) is 0.0517. The van der Waals surface area contributed by atoms with Gasteiger partial charge in [-0.3, -0.25) is 9.69 Å². The van der Waals surface area contributed by atoms with Gasteiger partial charge in [0, 0.05) is 31.1 Å². The lowest BCUT2D eigenvalue weighted by Crippen LogP contribution is -2.63. The summed E-state index contributed by atoms with van der Waals surface area (Å²) in [5.74, 6) is -0.997. The lowest BCUT2D eigenvalue weighted by molar-refractivity contribution is -1.12. The van der Waals surface area contributed by atoms with Gasteiger partial charge in [-0.2, -0.15) is 4.65 Å². The van der Waals surface area contributed by atoms with Crippen molar-refractivity contribution in [3.05, 3.63) is 36.0 Å². The van der Waals surface area contributed by atoms with Crippen molar-refractivity contribution in [1.82, 2.24) is 4.90 Å². The van der Waals surface area contributed by atoms with Gasteiger partial charge in [0.15, 0.2) is 6.10 Å². The SMILES string of the molecule is CC[C@H](O)[C@@H](C)[C@H]1O[C@@H]1C[C@@](C)(O)/C=C/C=C(\C)[C@H]1OC(=O)C[C@H](O)CC[C@@](C)(O)[C@@H](OC(=O)N2CC[N+](O)(C3CCCCCC3)CC2)/C=C/[C@@H]1C. The molecule has 1 aliphatic carbocycles. The van der Waals surface area contributed by atoms with Crippen molar-refractivity contribution < 1.29 is 54.1 Å². The van der Waals surface area contributed by atoms with Crippen LogP contribution in [0.15, 0.2) is 36.0 Å². The fraction of sp³-hybridized carbons (Fsp3) is 0.800. The van der Waals surface area contributed by atoms with Gasteiger partial charge in [0.2, 0.25) is 0 Å². The number of allylic oxidation sites excluding steroid dienone is 2. The van der Waals surface area contributed by atoms with E-state index in [1.54, 1.807) is 49.1 Å². The van der Waals surface area contributed by atoms with Gasteiger partial charge in [-0.05, 0) is 64.5 Å². The minimum atomic E-state index is -1.53. The second-order valence-corrected chi connectivity index (χ2v) is 16.6. The predicted octanol–water partition coefficient (Wildman–Crippen LogP) is 4.95. The van der Waals surface area contributed by atoms with Gasteiger partial charge in [-0.1, -0.05) is 57.9 Å². The summed E-state index contributed by atoms with van der Waals surface area (Å²) in [5.41, 5.74) is -2.01. The van der Waals surface area contributed by atoms with Crippen molar-refractivity contribution in [2.45, 2.75) is 166 Å². The predicted molar refractivity (Wildman–Crippen MR) is 196 cm³/mol. The Kier molecular flexibility index (Phi) is 15.0. The number of hydroxylamine groups is 3. The number of aliphatic hydroxyl groups is 4. The second-order valence-electron chi connectivity index (χ2n) is 16.6. The molecule has 0 aromatic rings. The van der Waals surface area contributed by atoms with Crippen LogP contribution in [0.4, 0.5) is 4.79 Å². The van der Waals surface area contributed by atoms with E-state index in [2.05, 4.69) is 0 Å². The largest absolute Gasteiger partial charge is 0.457 e. The number of carbonyl (C=O) groups excluding carboxylic acids is 2. The molecule has 3 aliphatic heterocycles. The van der Waals surface area contributed by atoms with Crippen LogP contribution in [0.2, 0.25) is 0 Å². The van der Waals surface area contributed by atoms with Crippen molar-refractivity contribution >= 4 is 12.1 Å². The molecule has 0 radical (unpaired) electrons. The first-order valence-electron chi connectivity index (χ1n) is 19.7. The Hall–Kier alpha value is -2.32. The maximum absolute atomic E-state index is 13.5. The van der Waals surface area contributed by atoms with Crippen molar-refractivity contribution in [2.24, 2.45) is 11.8 Å². The number of rotatable bonds is 10. The molecular weight excluding hydrogens is 668 g/mol. The van der Waals surface area contributed by atoms with Crippen LogP contribution in [0.25, 0.3) is 0 Å². The molecule has 1 amide bonds. The highest BCUT2D eigenvalue weighted by atomic mass is 16.6. The normalized spacial score (nSPS) is 35.6. The lowest BCUT2D eigenvalue weighted by Gasteiger charge is -2.43. The number of aliphatic hydroxyl groups excluding tert-OH is 2. The molecule has 0 aromatic carbocycles. The van der Waals surface area contributed by atoms with Gasteiger partial charge >= 0.3 is 12.1 Å². The number of hydrogen-bond donors (Lipinski definition) is 5. The maximum Gasteiger partial charge on any atom is 0.410 e. The molecule has 4 rings (SSSR count). The van der Waals surface area contributed by atoms with E-state index < -0.39 is 53.6 Å². The number of amides is 1. The van der Waals surface area contributed by atoms with E-state index in [0.717, 1.165) is 25.7 Å². The van der Waals surface area contributed by atoms with E-state index in [9.17, 15) is 35.2 Å². The fourth-order valence-electron chi connectivity index (χ4n) is 8.08. The molecule has 12 heteroatoms. The third kappa shape index (κ3) is 11.8. The zero-order valence-corrected chi connectivity index (χ0v) is 32.4. The summed E-state index contributed by atoms with van der Waals surface area (Å²) in [4.78, 5) is 28.0. The van der Waals surface area contributed by atoms with E-state index in [1.165, 1.54) is 12.8 Å². The summed E-state index contributed by atoms with van der Waals surface area (Å²) < 4.78 is 17.6. The molecule has 5 N–H and O–H groups in total.